The zero-order valence-electron chi connectivity index (χ0n) is 15.0. The number of nitrogens with one attached hydrogen (secondary N) is 1. The Labute approximate surface area is 158 Å². The van der Waals surface area contributed by atoms with Gasteiger partial charge in [-0.25, -0.2) is 4.98 Å². The van der Waals surface area contributed by atoms with Crippen LogP contribution in [0, 0.1) is 12.8 Å². The highest BCUT2D eigenvalue weighted by Gasteiger charge is 2.21. The van der Waals surface area contributed by atoms with Crippen molar-refractivity contribution in [3.63, 3.8) is 0 Å². The first-order chi connectivity index (χ1) is 12.8. The fourth-order valence-electron chi connectivity index (χ4n) is 3.46. The minimum Gasteiger partial charge on any atom is -0.356 e. The van der Waals surface area contributed by atoms with Crippen LogP contribution in [0.15, 0.2) is 46.4 Å². The SMILES string of the molecule is Cc1ncsc1CN(Cc1cc(-c2ccccc2)on1)CC1CCNC1. The molecule has 0 amide bonds. The van der Waals surface area contributed by atoms with E-state index in [-0.39, 0.29) is 0 Å². The van der Waals surface area contributed by atoms with Crippen LogP contribution in [0.3, 0.4) is 0 Å². The van der Waals surface area contributed by atoms with Gasteiger partial charge in [0.25, 0.3) is 0 Å². The van der Waals surface area contributed by atoms with Crippen LogP contribution in [0.2, 0.25) is 0 Å². The average molecular weight is 369 g/mol. The van der Waals surface area contributed by atoms with E-state index in [2.05, 4.69) is 33.3 Å². The summed E-state index contributed by atoms with van der Waals surface area (Å²) >= 11 is 1.74. The Kier molecular flexibility index (Phi) is 5.43. The van der Waals surface area contributed by atoms with Crippen LogP contribution in [0.5, 0.6) is 0 Å². The Balaban J connectivity index is 1.48. The Morgan fingerprint density at radius 2 is 2.15 bits per heavy atom. The zero-order valence-corrected chi connectivity index (χ0v) is 15.8. The Hall–Kier alpha value is -2.02. The third-order valence-electron chi connectivity index (χ3n) is 4.89. The molecule has 1 N–H and O–H groups in total. The highest BCUT2D eigenvalue weighted by molar-refractivity contribution is 7.09. The summed E-state index contributed by atoms with van der Waals surface area (Å²) in [6.45, 7) is 7.10. The molecule has 1 saturated heterocycles. The van der Waals surface area contributed by atoms with Crippen LogP contribution in [0.1, 0.15) is 22.7 Å². The number of aryl methyl sites for hydroxylation is 1. The van der Waals surface area contributed by atoms with Crippen molar-refractivity contribution in [2.24, 2.45) is 5.92 Å². The van der Waals surface area contributed by atoms with Crippen molar-refractivity contribution in [1.29, 1.82) is 0 Å². The average Bonchev–Trinajstić information content (AvgIpc) is 3.40. The Morgan fingerprint density at radius 3 is 2.88 bits per heavy atom. The molecule has 3 aromatic rings. The third-order valence-corrected chi connectivity index (χ3v) is 5.81. The number of thiazole rings is 1. The zero-order chi connectivity index (χ0) is 17.8. The molecule has 1 aliphatic heterocycles. The first-order valence-corrected chi connectivity index (χ1v) is 9.99. The molecule has 3 heterocycles. The van der Waals surface area contributed by atoms with E-state index in [4.69, 9.17) is 4.52 Å². The van der Waals surface area contributed by atoms with Crippen molar-refractivity contribution >= 4 is 11.3 Å². The quantitative estimate of drug-likeness (QED) is 0.689. The van der Waals surface area contributed by atoms with Crippen LogP contribution >= 0.6 is 11.3 Å². The van der Waals surface area contributed by atoms with E-state index >= 15 is 0 Å². The Morgan fingerprint density at radius 1 is 1.27 bits per heavy atom. The van der Waals surface area contributed by atoms with E-state index in [0.717, 1.165) is 55.4 Å². The second-order valence-corrected chi connectivity index (χ2v) is 7.88. The van der Waals surface area contributed by atoms with Gasteiger partial charge in [-0.2, -0.15) is 0 Å². The largest absolute Gasteiger partial charge is 0.356 e. The summed E-state index contributed by atoms with van der Waals surface area (Å²) in [7, 11) is 0. The van der Waals surface area contributed by atoms with Crippen molar-refractivity contribution in [3.8, 4) is 11.3 Å². The van der Waals surface area contributed by atoms with Gasteiger partial charge in [0.05, 0.1) is 16.9 Å². The number of benzene rings is 1. The van der Waals surface area contributed by atoms with Crippen molar-refractivity contribution in [3.05, 3.63) is 58.2 Å². The van der Waals surface area contributed by atoms with E-state index < -0.39 is 0 Å². The normalized spacial score (nSPS) is 17.2. The molecule has 4 rings (SSSR count). The summed E-state index contributed by atoms with van der Waals surface area (Å²) in [5.41, 5.74) is 5.12. The van der Waals surface area contributed by atoms with Gasteiger partial charge in [-0.1, -0.05) is 35.5 Å². The lowest BCUT2D eigenvalue weighted by molar-refractivity contribution is 0.216. The van der Waals surface area contributed by atoms with E-state index in [1.807, 2.05) is 35.8 Å². The minimum absolute atomic E-state index is 0.698. The van der Waals surface area contributed by atoms with E-state index in [0.29, 0.717) is 5.92 Å². The molecule has 1 aliphatic rings. The summed E-state index contributed by atoms with van der Waals surface area (Å²) in [5.74, 6) is 1.53. The summed E-state index contributed by atoms with van der Waals surface area (Å²) in [5, 5.41) is 7.78. The predicted octanol–water partition coefficient (Wildman–Crippen LogP) is 3.72. The molecule has 5 nitrogen and oxygen atoms in total. The second-order valence-electron chi connectivity index (χ2n) is 6.94. The topological polar surface area (TPSA) is 54.2 Å². The molecule has 0 bridgehead atoms. The summed E-state index contributed by atoms with van der Waals surface area (Å²) in [6.07, 6.45) is 1.24. The number of aromatic nitrogens is 2. The van der Waals surface area contributed by atoms with Crippen LogP contribution in [0.25, 0.3) is 11.3 Å². The molecule has 2 aromatic heterocycles. The van der Waals surface area contributed by atoms with Crippen molar-refractivity contribution in [2.75, 3.05) is 19.6 Å². The highest BCUT2D eigenvalue weighted by Crippen LogP contribution is 2.23. The van der Waals surface area contributed by atoms with Gasteiger partial charge in [-0.3, -0.25) is 4.90 Å². The maximum Gasteiger partial charge on any atom is 0.167 e. The number of nitrogens with zero attached hydrogens (tertiary/aromatic N) is 3. The fraction of sp³-hybridized carbons (Fsp3) is 0.400. The van der Waals surface area contributed by atoms with Gasteiger partial charge in [-0.05, 0) is 32.4 Å². The van der Waals surface area contributed by atoms with Gasteiger partial charge in [0, 0.05) is 36.1 Å². The van der Waals surface area contributed by atoms with E-state index in [1.54, 1.807) is 11.3 Å². The van der Waals surface area contributed by atoms with E-state index in [1.165, 1.54) is 11.3 Å². The molecule has 1 aromatic carbocycles. The molecular weight excluding hydrogens is 344 g/mol. The van der Waals surface area contributed by atoms with Crippen molar-refractivity contribution in [1.82, 2.24) is 20.4 Å². The standard InChI is InChI=1S/C20H24N4OS/c1-15-20(26-14-22-15)13-24(11-16-7-8-21-10-16)12-18-9-19(25-23-18)17-5-3-2-4-6-17/h2-6,9,14,16,21H,7-8,10-13H2,1H3. The second kappa shape index (κ2) is 8.12. The molecule has 0 saturated carbocycles. The van der Waals surface area contributed by atoms with Gasteiger partial charge in [0.2, 0.25) is 0 Å². The van der Waals surface area contributed by atoms with Gasteiger partial charge in [0.15, 0.2) is 5.76 Å². The first-order valence-electron chi connectivity index (χ1n) is 9.11. The van der Waals surface area contributed by atoms with Crippen LogP contribution in [-0.2, 0) is 13.1 Å². The number of hydrogen-bond acceptors (Lipinski definition) is 6. The van der Waals surface area contributed by atoms with Crippen LogP contribution in [-0.4, -0.2) is 34.7 Å². The summed E-state index contributed by atoms with van der Waals surface area (Å²) in [6, 6.07) is 12.2. The lowest BCUT2D eigenvalue weighted by Gasteiger charge is -2.23. The smallest absolute Gasteiger partial charge is 0.167 e. The molecule has 1 atom stereocenters. The Bertz CT molecular complexity index is 823. The maximum atomic E-state index is 5.58. The van der Waals surface area contributed by atoms with Crippen LogP contribution in [0.4, 0.5) is 0 Å². The minimum atomic E-state index is 0.698. The maximum absolute atomic E-state index is 5.58. The molecule has 0 radical (unpaired) electrons. The molecule has 136 valence electrons. The monoisotopic (exact) mass is 368 g/mol. The molecule has 26 heavy (non-hydrogen) atoms. The number of rotatable bonds is 7. The van der Waals surface area contributed by atoms with Gasteiger partial charge < -0.3 is 9.84 Å². The molecule has 1 unspecified atom stereocenters. The molecule has 6 heteroatoms. The summed E-state index contributed by atoms with van der Waals surface area (Å²) in [4.78, 5) is 8.21. The van der Waals surface area contributed by atoms with Crippen LogP contribution < -0.4 is 5.32 Å². The molecule has 0 spiro atoms. The number of hydrogen-bond donors (Lipinski definition) is 1. The van der Waals surface area contributed by atoms with Crippen molar-refractivity contribution in [2.45, 2.75) is 26.4 Å². The van der Waals surface area contributed by atoms with Gasteiger partial charge in [-0.15, -0.1) is 11.3 Å². The van der Waals surface area contributed by atoms with Crippen molar-refractivity contribution < 1.29 is 4.52 Å². The predicted molar refractivity (Wildman–Crippen MR) is 104 cm³/mol. The molecule has 0 aliphatic carbocycles. The fourth-order valence-corrected chi connectivity index (χ4v) is 4.27. The van der Waals surface area contributed by atoms with Gasteiger partial charge in [0.1, 0.15) is 0 Å². The first kappa shape index (κ1) is 17.4. The summed E-state index contributed by atoms with van der Waals surface area (Å²) < 4.78 is 5.58. The molecule has 1 fully saturated rings. The lowest BCUT2D eigenvalue weighted by atomic mass is 10.1. The van der Waals surface area contributed by atoms with Gasteiger partial charge >= 0.3 is 0 Å². The van der Waals surface area contributed by atoms with E-state index in [9.17, 15) is 0 Å². The molecular formula is C20H24N4OS. The highest BCUT2D eigenvalue weighted by atomic mass is 32.1. The third kappa shape index (κ3) is 4.20. The lowest BCUT2D eigenvalue weighted by Crippen LogP contribution is -2.30.